The summed E-state index contributed by atoms with van der Waals surface area (Å²) in [7, 11) is 3.61. The molecule has 0 aliphatic heterocycles. The second-order valence-corrected chi connectivity index (χ2v) is 8.95. The third-order valence-electron chi connectivity index (χ3n) is 4.02. The molecule has 15 heteroatoms. The summed E-state index contributed by atoms with van der Waals surface area (Å²) in [5.74, 6) is -1.42. The number of amides is 6. The lowest BCUT2D eigenvalue weighted by atomic mass is 10.2. The topological polar surface area (TPSA) is 184 Å². The number of carbonyl (C=O) groups is 6. The van der Waals surface area contributed by atoms with Crippen molar-refractivity contribution in [1.82, 2.24) is 31.5 Å². The molecular weight excluding hydrogens is 483 g/mol. The van der Waals surface area contributed by atoms with Crippen molar-refractivity contribution in [3.05, 3.63) is 0 Å². The van der Waals surface area contributed by atoms with Gasteiger partial charge in [0.25, 0.3) is 0 Å². The summed E-state index contributed by atoms with van der Waals surface area (Å²) in [6.07, 6.45) is 0.111. The van der Waals surface area contributed by atoms with Gasteiger partial charge in [0.1, 0.15) is 6.04 Å². The summed E-state index contributed by atoms with van der Waals surface area (Å²) in [6.45, 7) is 6.83. The molecule has 5 N–H and O–H groups in total. The lowest BCUT2D eigenvalue weighted by Gasteiger charge is -2.24. The minimum atomic E-state index is -0.927. The van der Waals surface area contributed by atoms with Gasteiger partial charge in [0.2, 0.25) is 29.5 Å². The first-order chi connectivity index (χ1) is 16.4. The van der Waals surface area contributed by atoms with Crippen LogP contribution in [0.1, 0.15) is 33.6 Å². The van der Waals surface area contributed by atoms with Crippen LogP contribution in [0.25, 0.3) is 0 Å². The van der Waals surface area contributed by atoms with Crippen molar-refractivity contribution in [2.45, 2.75) is 39.7 Å². The first-order valence-corrected chi connectivity index (χ1v) is 12.7. The number of nitrogens with one attached hydrogen (secondary N) is 5. The molecule has 0 spiro atoms. The van der Waals surface area contributed by atoms with Crippen LogP contribution in [0, 0.1) is 0 Å². The molecule has 0 aromatic heterocycles. The summed E-state index contributed by atoms with van der Waals surface area (Å²) < 4.78 is 9.83. The van der Waals surface area contributed by atoms with Crippen LogP contribution in [-0.4, -0.2) is 101 Å². The Bertz CT molecular complexity index is 691. The molecule has 0 saturated carbocycles. The fourth-order valence-corrected chi connectivity index (χ4v) is 2.76. The van der Waals surface area contributed by atoms with Crippen LogP contribution in [0.4, 0.5) is 4.79 Å². The van der Waals surface area contributed by atoms with Gasteiger partial charge in [0.15, 0.2) is 0 Å². The molecule has 0 rings (SSSR count). The number of ether oxygens (including phenoxy) is 1. The molecule has 0 heterocycles. The Labute approximate surface area is 207 Å². The number of likely N-dealkylation sites (N-methyl/N-ethyl adjacent to an activating group) is 1. The molecule has 6 amide bonds. The molecular formula is C20H39N6O8P. The van der Waals surface area contributed by atoms with E-state index in [-0.39, 0.29) is 56.2 Å². The molecule has 0 fully saturated rings. The molecule has 14 nitrogen and oxygen atoms in total. The minimum Gasteiger partial charge on any atom is -0.450 e. The van der Waals surface area contributed by atoms with E-state index in [4.69, 9.17) is 9.26 Å². The van der Waals surface area contributed by atoms with Crippen molar-refractivity contribution in [3.63, 3.8) is 0 Å². The van der Waals surface area contributed by atoms with Crippen LogP contribution in [-0.2, 0) is 33.2 Å². The van der Waals surface area contributed by atoms with Gasteiger partial charge in [0, 0.05) is 43.2 Å². The second kappa shape index (κ2) is 20.4. The fraction of sp³-hybridized carbons (Fsp3) is 0.700. The van der Waals surface area contributed by atoms with E-state index in [1.54, 1.807) is 7.11 Å². The van der Waals surface area contributed by atoms with E-state index in [1.807, 2.05) is 13.6 Å². The molecule has 35 heavy (non-hydrogen) atoms. The van der Waals surface area contributed by atoms with E-state index >= 15 is 0 Å². The maximum Gasteiger partial charge on any atom is 0.407 e. The summed E-state index contributed by atoms with van der Waals surface area (Å²) in [4.78, 5) is 68.7. The first-order valence-electron chi connectivity index (χ1n) is 10.8. The maximum absolute atomic E-state index is 11.9. The maximum atomic E-state index is 11.9. The third-order valence-corrected chi connectivity index (χ3v) is 5.36. The van der Waals surface area contributed by atoms with Crippen molar-refractivity contribution in [2.24, 2.45) is 0 Å². The molecule has 0 saturated heterocycles. The Morgan fingerprint density at radius 1 is 0.943 bits per heavy atom. The van der Waals surface area contributed by atoms with Crippen molar-refractivity contribution in [2.75, 3.05) is 54.0 Å². The van der Waals surface area contributed by atoms with Gasteiger partial charge >= 0.3 is 6.09 Å². The molecule has 0 bridgehead atoms. The molecule has 202 valence electrons. The van der Waals surface area contributed by atoms with Crippen LogP contribution in [0.2, 0.25) is 0 Å². The molecule has 0 aliphatic rings. The quantitative estimate of drug-likeness (QED) is 0.151. The lowest BCUT2D eigenvalue weighted by Crippen LogP contribution is -2.48. The minimum absolute atomic E-state index is 0.0708. The number of hydrogen-bond acceptors (Lipinski definition) is 8. The monoisotopic (exact) mass is 522 g/mol. The van der Waals surface area contributed by atoms with Gasteiger partial charge in [-0.25, -0.2) is 4.79 Å². The Balaban J connectivity index is 0. The average molecular weight is 523 g/mol. The molecule has 0 aromatic rings. The van der Waals surface area contributed by atoms with Crippen LogP contribution in [0.15, 0.2) is 0 Å². The zero-order valence-electron chi connectivity index (χ0n) is 21.5. The normalized spacial score (nSPS) is 11.4. The van der Waals surface area contributed by atoms with E-state index in [0.717, 1.165) is 0 Å². The Morgan fingerprint density at radius 2 is 1.49 bits per heavy atom. The van der Waals surface area contributed by atoms with Gasteiger partial charge in [0.05, 0.1) is 32.5 Å². The fourth-order valence-electron chi connectivity index (χ4n) is 2.05. The number of hydrogen-bond donors (Lipinski definition) is 5. The largest absolute Gasteiger partial charge is 0.450 e. The van der Waals surface area contributed by atoms with Crippen molar-refractivity contribution < 1.29 is 38.0 Å². The highest BCUT2D eigenvalue weighted by Gasteiger charge is 2.23. The van der Waals surface area contributed by atoms with Crippen molar-refractivity contribution >= 4 is 43.8 Å². The summed E-state index contributed by atoms with van der Waals surface area (Å²) >= 11 is 0. The van der Waals surface area contributed by atoms with E-state index in [0.29, 0.717) is 6.42 Å². The standard InChI is InChI=1S/C10H20N3O4P.C10H19N3O4/c1-8(14)11-6-13(7-12-9(2)15)10(16)5-18(4)17-3;1-4-5-17-10(16)13-7(9(15)12-3)6-8(14)11-2/h5-7H2,1-4H3,(H,11,14)(H,12,15);7H,4-6H2,1-3H3,(H,11,14)(H,12,15)(H,13,16). The van der Waals surface area contributed by atoms with Crippen LogP contribution in [0.3, 0.4) is 0 Å². The second-order valence-electron chi connectivity index (χ2n) is 7.01. The van der Waals surface area contributed by atoms with Crippen LogP contribution < -0.4 is 26.6 Å². The van der Waals surface area contributed by atoms with Crippen molar-refractivity contribution in [3.8, 4) is 0 Å². The summed E-state index contributed by atoms with van der Waals surface area (Å²) in [5, 5.41) is 12.1. The molecule has 0 radical (unpaired) electrons. The zero-order chi connectivity index (χ0) is 27.4. The molecule has 2 atom stereocenters. The Hall–Kier alpha value is -2.99. The van der Waals surface area contributed by atoms with E-state index in [9.17, 15) is 28.8 Å². The van der Waals surface area contributed by atoms with E-state index < -0.39 is 26.2 Å². The van der Waals surface area contributed by atoms with E-state index in [1.165, 1.54) is 32.8 Å². The highest BCUT2D eigenvalue weighted by molar-refractivity contribution is 7.52. The van der Waals surface area contributed by atoms with Gasteiger partial charge in [-0.15, -0.1) is 0 Å². The van der Waals surface area contributed by atoms with Gasteiger partial charge in [-0.1, -0.05) is 6.92 Å². The highest BCUT2D eigenvalue weighted by atomic mass is 31.1. The highest BCUT2D eigenvalue weighted by Crippen LogP contribution is 2.30. The van der Waals surface area contributed by atoms with Gasteiger partial charge < -0.3 is 40.7 Å². The van der Waals surface area contributed by atoms with Gasteiger partial charge in [-0.2, -0.15) is 0 Å². The Kier molecular flexibility index (Phi) is 19.9. The third kappa shape index (κ3) is 19.1. The summed E-state index contributed by atoms with van der Waals surface area (Å²) in [5.41, 5.74) is 0. The van der Waals surface area contributed by atoms with E-state index in [2.05, 4.69) is 26.6 Å². The molecule has 0 aromatic carbocycles. The van der Waals surface area contributed by atoms with Crippen LogP contribution >= 0.6 is 8.15 Å². The first kappa shape index (κ1) is 34.2. The smallest absolute Gasteiger partial charge is 0.407 e. The SMILES string of the molecule is CCCOC(=O)NC(CC(=O)NC)C(=O)NC.COP(C)CC(=O)N(CNC(C)=O)CNC(C)=O. The van der Waals surface area contributed by atoms with Crippen LogP contribution in [0.5, 0.6) is 0 Å². The number of alkyl carbamates (subject to hydrolysis) is 1. The van der Waals surface area contributed by atoms with Gasteiger partial charge in [-0.3, -0.25) is 24.0 Å². The Morgan fingerprint density at radius 3 is 1.89 bits per heavy atom. The lowest BCUT2D eigenvalue weighted by molar-refractivity contribution is -0.131. The number of rotatable bonds is 13. The summed E-state index contributed by atoms with van der Waals surface area (Å²) in [6, 6.07) is -0.927. The van der Waals surface area contributed by atoms with Crippen molar-refractivity contribution in [1.29, 1.82) is 0 Å². The predicted molar refractivity (Wildman–Crippen MR) is 130 cm³/mol. The predicted octanol–water partition coefficient (Wildman–Crippen LogP) is -0.951. The molecule has 2 unspecified atom stereocenters. The number of nitrogens with zero attached hydrogens (tertiary/aromatic N) is 1. The molecule has 0 aliphatic carbocycles. The van der Waals surface area contributed by atoms with Gasteiger partial charge in [-0.05, 0) is 13.1 Å². The number of carbonyl (C=O) groups excluding carboxylic acids is 6. The average Bonchev–Trinajstić information content (AvgIpc) is 2.81. The zero-order valence-corrected chi connectivity index (χ0v) is 22.4.